The third-order valence-corrected chi connectivity index (χ3v) is 2.71. The van der Waals surface area contributed by atoms with Crippen LogP contribution in [0.15, 0.2) is 49.8 Å². The van der Waals surface area contributed by atoms with Crippen molar-refractivity contribution in [1.82, 2.24) is 19.1 Å². The smallest absolute Gasteiger partial charge is 0.239 e. The Morgan fingerprint density at radius 3 is 1.78 bits per heavy atom. The summed E-state index contributed by atoms with van der Waals surface area (Å²) < 4.78 is 7.85. The lowest BCUT2D eigenvalue weighted by atomic mass is 10.5. The van der Waals surface area contributed by atoms with Gasteiger partial charge in [-0.3, -0.25) is 0 Å². The molecule has 0 amide bonds. The Kier molecular flexibility index (Phi) is 2.40. The molecule has 3 aromatic rings. The number of nitrogens with zero attached hydrogens (tertiary/aromatic N) is 6. The Morgan fingerprint density at radius 2 is 1.39 bits per heavy atom. The normalized spacial score (nSPS) is 10.8. The van der Waals surface area contributed by atoms with Crippen LogP contribution in [0.25, 0.3) is 11.6 Å². The second kappa shape index (κ2) is 4.06. The number of hydrogen-bond acceptors (Lipinski definition) is 2. The maximum atomic E-state index is 4.27. The highest BCUT2D eigenvalue weighted by molar-refractivity contribution is 5.31. The average molecular weight is 242 g/mol. The molecule has 0 aliphatic heterocycles. The first kappa shape index (κ1) is 10.6. The fourth-order valence-electron chi connectivity index (χ4n) is 1.79. The molecule has 0 aliphatic carbocycles. The fraction of sp³-hybridized carbons (Fsp3) is 0.167. The summed E-state index contributed by atoms with van der Waals surface area (Å²) in [5.41, 5.74) is 0. The standard InChI is InChI=1S/C12H14N6/c1-15-3-5-17(9-15)11-7-12(14-8-13-11)18-6-4-16(2)10-18/h3-10H,1-2H3/q+2. The van der Waals surface area contributed by atoms with Crippen molar-refractivity contribution in [1.29, 1.82) is 0 Å². The number of rotatable bonds is 2. The van der Waals surface area contributed by atoms with Crippen LogP contribution in [0.2, 0.25) is 0 Å². The summed E-state index contributed by atoms with van der Waals surface area (Å²) >= 11 is 0. The summed E-state index contributed by atoms with van der Waals surface area (Å²) in [4.78, 5) is 8.55. The van der Waals surface area contributed by atoms with Crippen molar-refractivity contribution in [3.63, 3.8) is 0 Å². The van der Waals surface area contributed by atoms with Crippen molar-refractivity contribution in [3.05, 3.63) is 49.8 Å². The zero-order valence-corrected chi connectivity index (χ0v) is 10.3. The van der Waals surface area contributed by atoms with E-state index in [2.05, 4.69) is 9.97 Å². The van der Waals surface area contributed by atoms with Crippen molar-refractivity contribution >= 4 is 0 Å². The molecule has 6 heteroatoms. The molecule has 3 aromatic heterocycles. The van der Waals surface area contributed by atoms with Gasteiger partial charge in [0.05, 0.1) is 20.2 Å². The zero-order chi connectivity index (χ0) is 12.5. The van der Waals surface area contributed by atoms with Crippen LogP contribution in [-0.2, 0) is 14.1 Å². The first-order valence-electron chi connectivity index (χ1n) is 5.61. The highest BCUT2D eigenvalue weighted by Gasteiger charge is 2.11. The van der Waals surface area contributed by atoms with Crippen molar-refractivity contribution in [2.24, 2.45) is 14.1 Å². The van der Waals surface area contributed by atoms with Gasteiger partial charge in [-0.2, -0.15) is 19.1 Å². The molecule has 0 atom stereocenters. The molecule has 6 nitrogen and oxygen atoms in total. The number of aromatic nitrogens is 6. The van der Waals surface area contributed by atoms with Crippen molar-refractivity contribution < 1.29 is 9.13 Å². The molecule has 0 fully saturated rings. The zero-order valence-electron chi connectivity index (χ0n) is 10.3. The van der Waals surface area contributed by atoms with E-state index in [0.29, 0.717) is 0 Å². The van der Waals surface area contributed by atoms with E-state index in [0.717, 1.165) is 11.6 Å². The van der Waals surface area contributed by atoms with Crippen LogP contribution in [0.5, 0.6) is 0 Å². The topological polar surface area (TPSA) is 43.4 Å². The minimum Gasteiger partial charge on any atom is -0.239 e. The van der Waals surface area contributed by atoms with Gasteiger partial charge < -0.3 is 0 Å². The molecule has 0 spiro atoms. The second-order valence-corrected chi connectivity index (χ2v) is 4.21. The largest absolute Gasteiger partial charge is 0.250 e. The van der Waals surface area contributed by atoms with E-state index < -0.39 is 0 Å². The molecular weight excluding hydrogens is 228 g/mol. The lowest BCUT2D eigenvalue weighted by molar-refractivity contribution is -0.670. The van der Waals surface area contributed by atoms with Gasteiger partial charge >= 0.3 is 0 Å². The van der Waals surface area contributed by atoms with E-state index in [1.807, 2.05) is 75.9 Å². The van der Waals surface area contributed by atoms with E-state index in [4.69, 9.17) is 0 Å². The molecule has 0 unspecified atom stereocenters. The molecular formula is C12H14N6+2. The van der Waals surface area contributed by atoms with Gasteiger partial charge in [0.15, 0.2) is 0 Å². The number of hydrogen-bond donors (Lipinski definition) is 0. The molecule has 0 saturated heterocycles. The van der Waals surface area contributed by atoms with Crippen molar-refractivity contribution in [2.45, 2.75) is 0 Å². The highest BCUT2D eigenvalue weighted by atomic mass is 15.2. The van der Waals surface area contributed by atoms with Gasteiger partial charge in [-0.25, -0.2) is 9.13 Å². The third-order valence-electron chi connectivity index (χ3n) is 2.71. The van der Waals surface area contributed by atoms with Crippen LogP contribution in [0.4, 0.5) is 0 Å². The SMILES string of the molecule is C[n+]1ccn(-c2cc(-n3cc[n+](C)c3)ncn2)c1. The van der Waals surface area contributed by atoms with Gasteiger partial charge in [-0.05, 0) is 0 Å². The van der Waals surface area contributed by atoms with Crippen LogP contribution in [0.1, 0.15) is 0 Å². The average Bonchev–Trinajstić information content (AvgIpc) is 2.98. The van der Waals surface area contributed by atoms with E-state index in [9.17, 15) is 0 Å². The molecule has 0 N–H and O–H groups in total. The predicted octanol–water partition coefficient (Wildman–Crippen LogP) is -0.293. The van der Waals surface area contributed by atoms with Crippen LogP contribution in [0.3, 0.4) is 0 Å². The highest BCUT2D eigenvalue weighted by Crippen LogP contribution is 2.07. The molecule has 3 heterocycles. The summed E-state index contributed by atoms with van der Waals surface area (Å²) in [6, 6.07) is 1.94. The van der Waals surface area contributed by atoms with E-state index in [1.165, 1.54) is 0 Å². The molecule has 0 saturated carbocycles. The lowest BCUT2D eigenvalue weighted by Gasteiger charge is -1.96. The van der Waals surface area contributed by atoms with Gasteiger partial charge in [-0.15, -0.1) is 0 Å². The summed E-state index contributed by atoms with van der Waals surface area (Å²) in [7, 11) is 3.95. The van der Waals surface area contributed by atoms with Gasteiger partial charge in [0, 0.05) is 0 Å². The van der Waals surface area contributed by atoms with Crippen LogP contribution in [-0.4, -0.2) is 19.1 Å². The first-order chi connectivity index (χ1) is 8.72. The Balaban J connectivity index is 2.04. The van der Waals surface area contributed by atoms with Crippen molar-refractivity contribution in [2.75, 3.05) is 0 Å². The Bertz CT molecular complexity index is 626. The molecule has 3 rings (SSSR count). The molecule has 18 heavy (non-hydrogen) atoms. The minimum absolute atomic E-state index is 0.844. The van der Waals surface area contributed by atoms with Crippen LogP contribution in [0, 0.1) is 0 Å². The van der Waals surface area contributed by atoms with Gasteiger partial charge in [0.25, 0.3) is 0 Å². The Morgan fingerprint density at radius 1 is 0.889 bits per heavy atom. The fourth-order valence-corrected chi connectivity index (χ4v) is 1.79. The van der Waals surface area contributed by atoms with E-state index in [-0.39, 0.29) is 0 Å². The minimum atomic E-state index is 0.844. The predicted molar refractivity (Wildman–Crippen MR) is 63.0 cm³/mol. The van der Waals surface area contributed by atoms with E-state index in [1.54, 1.807) is 6.33 Å². The maximum absolute atomic E-state index is 4.27. The molecule has 0 aliphatic rings. The summed E-state index contributed by atoms with van der Waals surface area (Å²) in [6.45, 7) is 0. The molecule has 90 valence electrons. The van der Waals surface area contributed by atoms with Crippen molar-refractivity contribution in [3.8, 4) is 11.6 Å². The Labute approximate surface area is 104 Å². The van der Waals surface area contributed by atoms with Gasteiger partial charge in [0.2, 0.25) is 24.3 Å². The Hall–Kier alpha value is -2.50. The summed E-state index contributed by atoms with van der Waals surface area (Å²) in [5, 5.41) is 0. The summed E-state index contributed by atoms with van der Waals surface area (Å²) in [5.74, 6) is 1.69. The van der Waals surface area contributed by atoms with E-state index >= 15 is 0 Å². The first-order valence-corrected chi connectivity index (χ1v) is 5.61. The quantitative estimate of drug-likeness (QED) is 0.579. The lowest BCUT2D eigenvalue weighted by Crippen LogP contribution is -2.24. The monoisotopic (exact) mass is 242 g/mol. The molecule has 0 aromatic carbocycles. The second-order valence-electron chi connectivity index (χ2n) is 4.21. The number of aryl methyl sites for hydroxylation is 2. The van der Waals surface area contributed by atoms with Crippen LogP contribution < -0.4 is 9.13 Å². The molecule has 0 bridgehead atoms. The van der Waals surface area contributed by atoms with Crippen LogP contribution >= 0.6 is 0 Å². The molecule has 0 radical (unpaired) electrons. The van der Waals surface area contributed by atoms with Gasteiger partial charge in [-0.1, -0.05) is 0 Å². The maximum Gasteiger partial charge on any atom is 0.250 e. The van der Waals surface area contributed by atoms with Gasteiger partial charge in [0.1, 0.15) is 31.1 Å². The third kappa shape index (κ3) is 1.88. The number of imidazole rings is 2. The summed E-state index contributed by atoms with van der Waals surface area (Å²) in [6.07, 6.45) is 13.4.